The SMILES string of the molecule is Cc1ccc2nc(C3CCCN3c3ncc(F)cn3)[nH]c2c1. The van der Waals surface area contributed by atoms with E-state index in [9.17, 15) is 4.39 Å². The van der Waals surface area contributed by atoms with Crippen molar-refractivity contribution >= 4 is 17.0 Å². The number of imidazole rings is 1. The van der Waals surface area contributed by atoms with Gasteiger partial charge in [0.15, 0.2) is 5.82 Å². The third kappa shape index (κ3) is 2.20. The van der Waals surface area contributed by atoms with Crippen molar-refractivity contribution in [2.45, 2.75) is 25.8 Å². The molecule has 3 aromatic rings. The fourth-order valence-electron chi connectivity index (χ4n) is 3.05. The van der Waals surface area contributed by atoms with Gasteiger partial charge < -0.3 is 9.88 Å². The number of hydrogen-bond donors (Lipinski definition) is 1. The quantitative estimate of drug-likeness (QED) is 0.789. The van der Waals surface area contributed by atoms with Crippen LogP contribution in [-0.2, 0) is 0 Å². The number of aromatic amines is 1. The average molecular weight is 297 g/mol. The zero-order chi connectivity index (χ0) is 15.1. The Labute approximate surface area is 127 Å². The number of halogens is 1. The predicted molar refractivity (Wildman–Crippen MR) is 82.1 cm³/mol. The molecule has 0 spiro atoms. The second-order valence-electron chi connectivity index (χ2n) is 5.70. The van der Waals surface area contributed by atoms with E-state index < -0.39 is 5.82 Å². The lowest BCUT2D eigenvalue weighted by atomic mass is 10.2. The maximum absolute atomic E-state index is 13.0. The number of aromatic nitrogens is 4. The smallest absolute Gasteiger partial charge is 0.226 e. The molecule has 4 rings (SSSR count). The molecule has 22 heavy (non-hydrogen) atoms. The summed E-state index contributed by atoms with van der Waals surface area (Å²) >= 11 is 0. The summed E-state index contributed by atoms with van der Waals surface area (Å²) in [5.41, 5.74) is 3.21. The van der Waals surface area contributed by atoms with E-state index in [1.54, 1.807) is 0 Å². The van der Waals surface area contributed by atoms with Gasteiger partial charge in [-0.15, -0.1) is 0 Å². The number of fused-ring (bicyclic) bond motifs is 1. The van der Waals surface area contributed by atoms with Crippen LogP contribution in [0.25, 0.3) is 11.0 Å². The van der Waals surface area contributed by atoms with Gasteiger partial charge in [0.1, 0.15) is 5.82 Å². The van der Waals surface area contributed by atoms with Gasteiger partial charge in [0.05, 0.1) is 29.5 Å². The van der Waals surface area contributed by atoms with Crippen LogP contribution in [0.4, 0.5) is 10.3 Å². The Morgan fingerprint density at radius 1 is 1.27 bits per heavy atom. The Balaban J connectivity index is 1.71. The van der Waals surface area contributed by atoms with Gasteiger partial charge in [-0.1, -0.05) is 6.07 Å². The molecule has 0 aliphatic carbocycles. The molecule has 2 aromatic heterocycles. The summed E-state index contributed by atoms with van der Waals surface area (Å²) in [5, 5.41) is 0. The van der Waals surface area contributed by atoms with Crippen molar-refractivity contribution in [3.63, 3.8) is 0 Å². The topological polar surface area (TPSA) is 57.7 Å². The molecular formula is C16H16FN5. The van der Waals surface area contributed by atoms with Crippen LogP contribution in [0.1, 0.15) is 30.3 Å². The highest BCUT2D eigenvalue weighted by Gasteiger charge is 2.30. The zero-order valence-electron chi connectivity index (χ0n) is 12.3. The fraction of sp³-hybridized carbons (Fsp3) is 0.312. The van der Waals surface area contributed by atoms with Crippen LogP contribution in [-0.4, -0.2) is 26.5 Å². The van der Waals surface area contributed by atoms with Crippen molar-refractivity contribution in [1.29, 1.82) is 0 Å². The molecule has 1 unspecified atom stereocenters. The molecule has 1 atom stereocenters. The summed E-state index contributed by atoms with van der Waals surface area (Å²) in [5.74, 6) is 1.06. The Morgan fingerprint density at radius 2 is 2.09 bits per heavy atom. The van der Waals surface area contributed by atoms with Crippen LogP contribution in [0.2, 0.25) is 0 Å². The minimum Gasteiger partial charge on any atom is -0.340 e. The predicted octanol–water partition coefficient (Wildman–Crippen LogP) is 3.14. The van der Waals surface area contributed by atoms with Crippen molar-refractivity contribution in [3.05, 3.63) is 47.8 Å². The molecule has 1 fully saturated rings. The number of aryl methyl sites for hydroxylation is 1. The number of benzene rings is 1. The Kier molecular flexibility index (Phi) is 3.03. The van der Waals surface area contributed by atoms with Crippen molar-refractivity contribution in [1.82, 2.24) is 19.9 Å². The molecule has 3 heterocycles. The minimum atomic E-state index is -0.418. The van der Waals surface area contributed by atoms with Crippen LogP contribution < -0.4 is 4.90 Å². The molecule has 6 heteroatoms. The number of nitrogens with zero attached hydrogens (tertiary/aromatic N) is 4. The third-order valence-electron chi connectivity index (χ3n) is 4.09. The van der Waals surface area contributed by atoms with Crippen molar-refractivity contribution in [2.75, 3.05) is 11.4 Å². The van der Waals surface area contributed by atoms with E-state index in [4.69, 9.17) is 4.98 Å². The fourth-order valence-corrected chi connectivity index (χ4v) is 3.05. The first-order chi connectivity index (χ1) is 10.7. The third-order valence-corrected chi connectivity index (χ3v) is 4.09. The van der Waals surface area contributed by atoms with Gasteiger partial charge in [0.25, 0.3) is 0 Å². The molecule has 1 saturated heterocycles. The highest BCUT2D eigenvalue weighted by Crippen LogP contribution is 2.33. The monoisotopic (exact) mass is 297 g/mol. The molecule has 5 nitrogen and oxygen atoms in total. The number of H-pyrrole nitrogens is 1. The minimum absolute atomic E-state index is 0.109. The maximum atomic E-state index is 13.0. The number of nitrogens with one attached hydrogen (secondary N) is 1. The van der Waals surface area contributed by atoms with E-state index in [0.29, 0.717) is 5.95 Å². The van der Waals surface area contributed by atoms with Crippen LogP contribution in [0.15, 0.2) is 30.6 Å². The van der Waals surface area contributed by atoms with Crippen LogP contribution in [0.5, 0.6) is 0 Å². The summed E-state index contributed by atoms with van der Waals surface area (Å²) in [6.07, 6.45) is 4.44. The van der Waals surface area contributed by atoms with E-state index in [1.807, 2.05) is 6.07 Å². The average Bonchev–Trinajstić information content (AvgIpc) is 3.13. The van der Waals surface area contributed by atoms with Crippen LogP contribution >= 0.6 is 0 Å². The molecule has 1 aliphatic heterocycles. The first kappa shape index (κ1) is 13.2. The summed E-state index contributed by atoms with van der Waals surface area (Å²) in [6.45, 7) is 2.92. The molecule has 1 aromatic carbocycles. The largest absolute Gasteiger partial charge is 0.340 e. The second kappa shape index (κ2) is 5.05. The Morgan fingerprint density at radius 3 is 2.91 bits per heavy atom. The summed E-state index contributed by atoms with van der Waals surface area (Å²) in [6, 6.07) is 6.29. The first-order valence-corrected chi connectivity index (χ1v) is 7.41. The van der Waals surface area contributed by atoms with E-state index in [0.717, 1.165) is 36.2 Å². The zero-order valence-corrected chi connectivity index (χ0v) is 12.3. The van der Waals surface area contributed by atoms with E-state index in [2.05, 4.69) is 38.9 Å². The number of rotatable bonds is 2. The van der Waals surface area contributed by atoms with Gasteiger partial charge in [0.2, 0.25) is 5.95 Å². The van der Waals surface area contributed by atoms with Gasteiger partial charge >= 0.3 is 0 Å². The normalized spacial score (nSPS) is 18.3. The molecule has 1 N–H and O–H groups in total. The molecule has 112 valence electrons. The Hall–Kier alpha value is -2.50. The van der Waals surface area contributed by atoms with Crippen molar-refractivity contribution in [3.8, 4) is 0 Å². The lowest BCUT2D eigenvalue weighted by Gasteiger charge is -2.22. The van der Waals surface area contributed by atoms with Gasteiger partial charge in [-0.3, -0.25) is 0 Å². The summed E-state index contributed by atoms with van der Waals surface area (Å²) in [4.78, 5) is 18.4. The molecule has 0 amide bonds. The molecule has 0 saturated carbocycles. The molecular weight excluding hydrogens is 281 g/mol. The highest BCUT2D eigenvalue weighted by atomic mass is 19.1. The van der Waals surface area contributed by atoms with Crippen LogP contribution in [0.3, 0.4) is 0 Å². The number of hydrogen-bond acceptors (Lipinski definition) is 4. The lowest BCUT2D eigenvalue weighted by molar-refractivity contribution is 0.606. The maximum Gasteiger partial charge on any atom is 0.226 e. The first-order valence-electron chi connectivity index (χ1n) is 7.41. The van der Waals surface area contributed by atoms with Crippen molar-refractivity contribution < 1.29 is 4.39 Å². The van der Waals surface area contributed by atoms with E-state index >= 15 is 0 Å². The Bertz CT molecular complexity index is 811. The molecule has 0 bridgehead atoms. The standard InChI is InChI=1S/C16H16FN5/c1-10-4-5-12-13(7-10)21-15(20-12)14-3-2-6-22(14)16-18-8-11(17)9-19-16/h4-5,7-9,14H,2-3,6H2,1H3,(H,20,21). The van der Waals surface area contributed by atoms with Gasteiger partial charge in [-0.25, -0.2) is 19.3 Å². The molecule has 0 radical (unpaired) electrons. The van der Waals surface area contributed by atoms with Crippen LogP contribution in [0, 0.1) is 12.7 Å². The van der Waals surface area contributed by atoms with E-state index in [-0.39, 0.29) is 6.04 Å². The lowest BCUT2D eigenvalue weighted by Crippen LogP contribution is -2.25. The molecule has 1 aliphatic rings. The van der Waals surface area contributed by atoms with E-state index in [1.165, 1.54) is 18.0 Å². The highest BCUT2D eigenvalue weighted by molar-refractivity contribution is 5.76. The van der Waals surface area contributed by atoms with Gasteiger partial charge in [-0.2, -0.15) is 0 Å². The van der Waals surface area contributed by atoms with Gasteiger partial charge in [-0.05, 0) is 37.5 Å². The second-order valence-corrected chi connectivity index (χ2v) is 5.70. The summed E-state index contributed by atoms with van der Waals surface area (Å²) in [7, 11) is 0. The number of anilines is 1. The van der Waals surface area contributed by atoms with Crippen molar-refractivity contribution in [2.24, 2.45) is 0 Å². The summed E-state index contributed by atoms with van der Waals surface area (Å²) < 4.78 is 13.0. The van der Waals surface area contributed by atoms with Gasteiger partial charge in [0, 0.05) is 6.54 Å².